The van der Waals surface area contributed by atoms with Crippen molar-refractivity contribution in [1.29, 1.82) is 0 Å². The van der Waals surface area contributed by atoms with Gasteiger partial charge in [0, 0.05) is 66.9 Å². The Kier molecular flexibility index (Phi) is 12.8. The Bertz CT molecular complexity index is 1900. The van der Waals surface area contributed by atoms with Gasteiger partial charge in [0.25, 0.3) is 0 Å². The number of amides is 2. The Morgan fingerprint density at radius 3 is 2.24 bits per heavy atom. The fourth-order valence-corrected chi connectivity index (χ4v) is 5.26. The van der Waals surface area contributed by atoms with Crippen molar-refractivity contribution in [2.24, 2.45) is 7.05 Å². The fourth-order valence-electron chi connectivity index (χ4n) is 5.26. The number of aryl methyl sites for hydroxylation is 1. The predicted molar refractivity (Wildman–Crippen MR) is 198 cm³/mol. The van der Waals surface area contributed by atoms with Crippen LogP contribution in [0, 0.1) is 0 Å². The molecule has 0 saturated carbocycles. The number of carbonyl (C=O) groups is 1. The van der Waals surface area contributed by atoms with E-state index in [4.69, 9.17) is 28.4 Å². The lowest BCUT2D eigenvalue weighted by atomic mass is 9.92. The van der Waals surface area contributed by atoms with E-state index in [-0.39, 0.29) is 11.4 Å². The average molecular weight is 698 g/mol. The summed E-state index contributed by atoms with van der Waals surface area (Å²) in [6, 6.07) is 22.5. The van der Waals surface area contributed by atoms with Gasteiger partial charge in [0.2, 0.25) is 0 Å². The summed E-state index contributed by atoms with van der Waals surface area (Å²) in [6.45, 7) is 9.17. The number of nitrogens with zero attached hydrogens (tertiary/aromatic N) is 3. The van der Waals surface area contributed by atoms with Crippen LogP contribution in [0.15, 0.2) is 79.0 Å². The molecule has 0 spiro atoms. The van der Waals surface area contributed by atoms with Crippen LogP contribution in [0.2, 0.25) is 0 Å². The Balaban J connectivity index is 1.22. The van der Waals surface area contributed by atoms with E-state index < -0.39 is 0 Å². The molecule has 0 unspecified atom stereocenters. The summed E-state index contributed by atoms with van der Waals surface area (Å²) < 4.78 is 35.5. The normalized spacial score (nSPS) is 11.4. The maximum atomic E-state index is 13.1. The van der Waals surface area contributed by atoms with Gasteiger partial charge in [0.05, 0.1) is 51.5 Å². The molecule has 0 bridgehead atoms. The molecule has 2 amide bonds. The van der Waals surface area contributed by atoms with Crippen molar-refractivity contribution in [3.05, 3.63) is 95.9 Å². The zero-order chi connectivity index (χ0) is 36.2. The van der Waals surface area contributed by atoms with Crippen LogP contribution in [0.3, 0.4) is 0 Å². The Morgan fingerprint density at radius 1 is 0.784 bits per heavy atom. The first-order valence-electron chi connectivity index (χ1n) is 16.8. The van der Waals surface area contributed by atoms with E-state index in [2.05, 4.69) is 41.5 Å². The zero-order valence-corrected chi connectivity index (χ0v) is 30.2. The van der Waals surface area contributed by atoms with Gasteiger partial charge < -0.3 is 33.7 Å². The molecule has 0 aliphatic rings. The molecular formula is C39H47N5O7. The number of pyridine rings is 1. The molecule has 0 atom stereocenters. The number of carbonyl (C=O) groups excluding carboxylic acids is 1. The highest BCUT2D eigenvalue weighted by Gasteiger charge is 2.20. The maximum Gasteiger partial charge on any atom is 0.324 e. The minimum atomic E-state index is -0.366. The molecule has 0 saturated heterocycles. The third kappa shape index (κ3) is 10.7. The predicted octanol–water partition coefficient (Wildman–Crippen LogP) is 7.36. The van der Waals surface area contributed by atoms with Gasteiger partial charge in [-0.05, 0) is 35.9 Å². The van der Waals surface area contributed by atoms with Gasteiger partial charge in [-0.2, -0.15) is 5.10 Å². The van der Waals surface area contributed by atoms with Gasteiger partial charge in [0.1, 0.15) is 35.4 Å². The number of hydrogen-bond donors (Lipinski definition) is 2. The number of hydrogen-bond acceptors (Lipinski definition) is 9. The quantitative estimate of drug-likeness (QED) is 0.0959. The molecule has 5 rings (SSSR count). The first-order chi connectivity index (χ1) is 24.6. The van der Waals surface area contributed by atoms with Crippen LogP contribution in [0.4, 0.5) is 16.3 Å². The molecule has 270 valence electrons. The first kappa shape index (κ1) is 37.1. The SMILES string of the molecule is COCCOCCOCCOc1cc(Cc2cc(Oc3ccc(NC(=O)Nc4cc(C(C)(C)C)nn4C)c4ccccc34)ccn2)cc(OC)c1. The van der Waals surface area contributed by atoms with Crippen LogP contribution < -0.4 is 24.8 Å². The van der Waals surface area contributed by atoms with E-state index >= 15 is 0 Å². The van der Waals surface area contributed by atoms with Crippen LogP contribution in [-0.2, 0) is 33.1 Å². The maximum absolute atomic E-state index is 13.1. The van der Waals surface area contributed by atoms with Crippen molar-refractivity contribution in [2.75, 3.05) is 64.5 Å². The van der Waals surface area contributed by atoms with Gasteiger partial charge in [0.15, 0.2) is 0 Å². The van der Waals surface area contributed by atoms with Gasteiger partial charge in [-0.1, -0.05) is 45.0 Å². The number of urea groups is 1. The van der Waals surface area contributed by atoms with Crippen molar-refractivity contribution < 1.29 is 33.2 Å². The molecule has 2 heterocycles. The van der Waals surface area contributed by atoms with Crippen LogP contribution in [0.25, 0.3) is 10.8 Å². The third-order valence-electron chi connectivity index (χ3n) is 7.90. The molecule has 12 nitrogen and oxygen atoms in total. The lowest BCUT2D eigenvalue weighted by molar-refractivity contribution is 0.0179. The van der Waals surface area contributed by atoms with Crippen LogP contribution in [0.5, 0.6) is 23.0 Å². The Labute approximate surface area is 299 Å². The minimum Gasteiger partial charge on any atom is -0.497 e. The molecule has 12 heteroatoms. The average Bonchev–Trinajstić information content (AvgIpc) is 3.48. The second kappa shape index (κ2) is 17.7. The number of anilines is 2. The molecule has 0 radical (unpaired) electrons. The summed E-state index contributed by atoms with van der Waals surface area (Å²) in [7, 11) is 5.08. The van der Waals surface area contributed by atoms with Crippen molar-refractivity contribution >= 4 is 28.3 Å². The summed E-state index contributed by atoms with van der Waals surface area (Å²) in [6.07, 6.45) is 2.26. The largest absolute Gasteiger partial charge is 0.497 e. The molecule has 2 N–H and O–H groups in total. The van der Waals surface area contributed by atoms with Crippen LogP contribution in [0.1, 0.15) is 37.7 Å². The van der Waals surface area contributed by atoms with E-state index in [0.717, 1.165) is 27.7 Å². The van der Waals surface area contributed by atoms with E-state index in [1.165, 1.54) is 0 Å². The summed E-state index contributed by atoms with van der Waals surface area (Å²) in [5.74, 6) is 3.26. The number of fused-ring (bicyclic) bond motifs is 1. The standard InChI is InChI=1S/C39H47N5O7/c1-39(2,3)36-26-37(44(4)43-36)42-38(45)41-34-11-12-35(33-10-8-7-9-32(33)34)51-29-13-14-40-28(24-29)21-27-22-30(47-6)25-31(23-27)50-20-19-49-18-17-48-16-15-46-5/h7-14,22-26H,15-21H2,1-6H3,(H2,41,42,45). The van der Waals surface area contributed by atoms with Gasteiger partial charge >= 0.3 is 6.03 Å². The molecule has 2 aromatic heterocycles. The summed E-state index contributed by atoms with van der Waals surface area (Å²) in [4.78, 5) is 17.6. The van der Waals surface area contributed by atoms with Gasteiger partial charge in [-0.25, -0.2) is 4.79 Å². The molecule has 0 fully saturated rings. The number of aromatic nitrogens is 3. The Morgan fingerprint density at radius 2 is 1.51 bits per heavy atom. The third-order valence-corrected chi connectivity index (χ3v) is 7.90. The topological polar surface area (TPSA) is 127 Å². The first-order valence-corrected chi connectivity index (χ1v) is 16.8. The van der Waals surface area contributed by atoms with Crippen LogP contribution >= 0.6 is 0 Å². The monoisotopic (exact) mass is 697 g/mol. The molecule has 3 aromatic carbocycles. The summed E-state index contributed by atoms with van der Waals surface area (Å²) >= 11 is 0. The van der Waals surface area contributed by atoms with E-state index in [1.807, 2.05) is 79.8 Å². The van der Waals surface area contributed by atoms with Crippen LogP contribution in [-0.4, -0.2) is 74.7 Å². The van der Waals surface area contributed by atoms with Gasteiger partial charge in [-0.15, -0.1) is 0 Å². The molecule has 0 aliphatic heterocycles. The summed E-state index contributed by atoms with van der Waals surface area (Å²) in [5.41, 5.74) is 3.19. The highest BCUT2D eigenvalue weighted by Crippen LogP contribution is 2.35. The highest BCUT2D eigenvalue weighted by atomic mass is 16.6. The van der Waals surface area contributed by atoms with E-state index in [1.54, 1.807) is 25.1 Å². The van der Waals surface area contributed by atoms with Crippen molar-refractivity contribution in [3.63, 3.8) is 0 Å². The second-order valence-corrected chi connectivity index (χ2v) is 12.9. The van der Waals surface area contributed by atoms with Crippen molar-refractivity contribution in [1.82, 2.24) is 14.8 Å². The fraction of sp³-hybridized carbons (Fsp3) is 0.359. The van der Waals surface area contributed by atoms with Crippen molar-refractivity contribution in [3.8, 4) is 23.0 Å². The van der Waals surface area contributed by atoms with Gasteiger partial charge in [-0.3, -0.25) is 15.0 Å². The minimum absolute atomic E-state index is 0.139. The zero-order valence-electron chi connectivity index (χ0n) is 30.2. The number of methoxy groups -OCH3 is 2. The number of rotatable bonds is 17. The summed E-state index contributed by atoms with van der Waals surface area (Å²) in [5, 5.41) is 12.1. The molecular weight excluding hydrogens is 650 g/mol. The number of ether oxygens (including phenoxy) is 6. The lowest BCUT2D eigenvalue weighted by Gasteiger charge is -2.14. The van der Waals surface area contributed by atoms with E-state index in [9.17, 15) is 4.79 Å². The van der Waals surface area contributed by atoms with E-state index in [0.29, 0.717) is 80.6 Å². The number of nitrogens with one attached hydrogen (secondary N) is 2. The number of benzene rings is 3. The highest BCUT2D eigenvalue weighted by molar-refractivity contribution is 6.07. The lowest BCUT2D eigenvalue weighted by Crippen LogP contribution is -2.21. The molecule has 0 aliphatic carbocycles. The molecule has 51 heavy (non-hydrogen) atoms. The van der Waals surface area contributed by atoms with Crippen molar-refractivity contribution in [2.45, 2.75) is 32.6 Å². The second-order valence-electron chi connectivity index (χ2n) is 12.9. The molecule has 5 aromatic rings. The Hall–Kier alpha value is -5.17. The smallest absolute Gasteiger partial charge is 0.324 e.